The minimum Gasteiger partial charge on any atom is -0.507 e. The fraction of sp³-hybridized carbons (Fsp3) is 0.200. The van der Waals surface area contributed by atoms with Crippen LogP contribution in [0.5, 0.6) is 5.75 Å². The van der Waals surface area contributed by atoms with Crippen LogP contribution in [0.2, 0.25) is 0 Å². The van der Waals surface area contributed by atoms with Gasteiger partial charge in [0.25, 0.3) is 11.7 Å². The van der Waals surface area contributed by atoms with Gasteiger partial charge in [0.15, 0.2) is 0 Å². The van der Waals surface area contributed by atoms with E-state index in [1.807, 2.05) is 19.2 Å². The number of benzene rings is 2. The van der Waals surface area contributed by atoms with Crippen LogP contribution < -0.4 is 9.64 Å². The maximum atomic E-state index is 13.9. The maximum absolute atomic E-state index is 13.9. The quantitative estimate of drug-likeness (QED) is 0.303. The summed E-state index contributed by atoms with van der Waals surface area (Å²) in [7, 11) is 0. The largest absolute Gasteiger partial charge is 0.507 e. The number of ether oxygens (including phenoxy) is 1. The van der Waals surface area contributed by atoms with E-state index in [1.54, 1.807) is 42.5 Å². The van der Waals surface area contributed by atoms with Gasteiger partial charge in [-0.3, -0.25) is 14.5 Å². The van der Waals surface area contributed by atoms with Gasteiger partial charge in [-0.2, -0.15) is 0 Å². The van der Waals surface area contributed by atoms with Crippen molar-refractivity contribution in [3.8, 4) is 5.75 Å². The number of aliphatic hydroxyl groups excluding tert-OH is 1. The second-order valence-electron chi connectivity index (χ2n) is 7.90. The molecule has 1 aromatic heterocycles. The number of rotatable bonds is 6. The third kappa shape index (κ3) is 4.16. The van der Waals surface area contributed by atoms with Crippen LogP contribution in [0, 0.1) is 11.7 Å². The SMILES string of the molecule is CC(C)COc1cccc(/C(O)=C2/C(=O)C(=O)N(c3cccc(F)c3)C2c2cccs2)c1. The summed E-state index contributed by atoms with van der Waals surface area (Å²) in [5.74, 6) is -1.58. The molecule has 0 bridgehead atoms. The molecule has 32 heavy (non-hydrogen) atoms. The fourth-order valence-electron chi connectivity index (χ4n) is 3.59. The van der Waals surface area contributed by atoms with Crippen molar-refractivity contribution in [2.45, 2.75) is 19.9 Å². The first-order valence-corrected chi connectivity index (χ1v) is 11.1. The number of Topliss-reactive ketones (excluding diaryl/α,β-unsaturated/α-hetero) is 1. The first-order chi connectivity index (χ1) is 15.4. The van der Waals surface area contributed by atoms with Gasteiger partial charge in [0.1, 0.15) is 23.4 Å². The highest BCUT2D eigenvalue weighted by molar-refractivity contribution is 7.10. The van der Waals surface area contributed by atoms with Crippen molar-refractivity contribution in [1.29, 1.82) is 0 Å². The number of nitrogens with zero attached hydrogens (tertiary/aromatic N) is 1. The van der Waals surface area contributed by atoms with E-state index in [4.69, 9.17) is 4.74 Å². The van der Waals surface area contributed by atoms with Gasteiger partial charge in [0.05, 0.1) is 12.2 Å². The van der Waals surface area contributed by atoms with Crippen molar-refractivity contribution in [3.05, 3.63) is 87.9 Å². The molecule has 3 aromatic rings. The molecule has 0 aliphatic carbocycles. The first kappa shape index (κ1) is 21.8. The zero-order valence-electron chi connectivity index (χ0n) is 17.6. The maximum Gasteiger partial charge on any atom is 0.300 e. The van der Waals surface area contributed by atoms with Gasteiger partial charge in [0.2, 0.25) is 0 Å². The van der Waals surface area contributed by atoms with Crippen molar-refractivity contribution in [3.63, 3.8) is 0 Å². The van der Waals surface area contributed by atoms with Gasteiger partial charge >= 0.3 is 0 Å². The molecule has 1 aliphatic rings. The molecule has 164 valence electrons. The van der Waals surface area contributed by atoms with Crippen molar-refractivity contribution in [1.82, 2.24) is 0 Å². The third-order valence-electron chi connectivity index (χ3n) is 5.03. The van der Waals surface area contributed by atoms with Gasteiger partial charge in [-0.05, 0) is 47.7 Å². The van der Waals surface area contributed by atoms with Crippen LogP contribution in [0.15, 0.2) is 71.6 Å². The smallest absolute Gasteiger partial charge is 0.300 e. The Balaban J connectivity index is 1.83. The molecule has 1 aliphatic heterocycles. The zero-order chi connectivity index (χ0) is 22.8. The Morgan fingerprint density at radius 2 is 1.91 bits per heavy atom. The normalized spacial score (nSPS) is 17.9. The Bertz CT molecular complexity index is 1190. The average Bonchev–Trinajstić information content (AvgIpc) is 3.39. The van der Waals surface area contributed by atoms with E-state index in [2.05, 4.69) is 0 Å². The molecular formula is C25H22FNO4S. The van der Waals surface area contributed by atoms with Crippen LogP contribution >= 0.6 is 11.3 Å². The Kier molecular flexibility index (Phi) is 6.10. The number of hydrogen-bond acceptors (Lipinski definition) is 5. The lowest BCUT2D eigenvalue weighted by Crippen LogP contribution is -2.29. The third-order valence-corrected chi connectivity index (χ3v) is 5.96. The number of aliphatic hydroxyl groups is 1. The molecule has 2 heterocycles. The van der Waals surface area contributed by atoms with E-state index in [0.717, 1.165) is 0 Å². The van der Waals surface area contributed by atoms with Crippen molar-refractivity contribution in [2.24, 2.45) is 5.92 Å². The minimum atomic E-state index is -0.864. The Hall–Kier alpha value is -3.45. The highest BCUT2D eigenvalue weighted by Gasteiger charge is 2.47. The summed E-state index contributed by atoms with van der Waals surface area (Å²) in [6, 6.07) is 15.0. The molecule has 7 heteroatoms. The summed E-state index contributed by atoms with van der Waals surface area (Å²) in [6.45, 7) is 4.56. The number of halogens is 1. The van der Waals surface area contributed by atoms with Crippen LogP contribution in [0.1, 0.15) is 30.3 Å². The summed E-state index contributed by atoms with van der Waals surface area (Å²) >= 11 is 1.35. The molecule has 1 saturated heterocycles. The number of carbonyl (C=O) groups excluding carboxylic acids is 2. The molecule has 2 aromatic carbocycles. The van der Waals surface area contributed by atoms with Crippen LogP contribution in [0.25, 0.3) is 5.76 Å². The molecule has 0 radical (unpaired) electrons. The van der Waals surface area contributed by atoms with Crippen molar-refractivity contribution in [2.75, 3.05) is 11.5 Å². The lowest BCUT2D eigenvalue weighted by molar-refractivity contribution is -0.132. The second-order valence-corrected chi connectivity index (χ2v) is 8.88. The number of ketones is 1. The van der Waals surface area contributed by atoms with Crippen LogP contribution in [-0.2, 0) is 9.59 Å². The molecular weight excluding hydrogens is 429 g/mol. The minimum absolute atomic E-state index is 0.0391. The Morgan fingerprint density at radius 3 is 2.59 bits per heavy atom. The predicted molar refractivity (Wildman–Crippen MR) is 122 cm³/mol. The summed E-state index contributed by atoms with van der Waals surface area (Å²) in [5, 5.41) is 13.0. The monoisotopic (exact) mass is 451 g/mol. The summed E-state index contributed by atoms with van der Waals surface area (Å²) in [6.07, 6.45) is 0. The average molecular weight is 452 g/mol. The van der Waals surface area contributed by atoms with Crippen LogP contribution in [-0.4, -0.2) is 23.4 Å². The molecule has 1 N–H and O–H groups in total. The molecule has 1 amide bonds. The van der Waals surface area contributed by atoms with Gasteiger partial charge in [0, 0.05) is 16.1 Å². The van der Waals surface area contributed by atoms with Crippen molar-refractivity contribution >= 4 is 34.5 Å². The van der Waals surface area contributed by atoms with E-state index in [0.29, 0.717) is 28.7 Å². The van der Waals surface area contributed by atoms with E-state index in [1.165, 1.54) is 34.4 Å². The number of anilines is 1. The van der Waals surface area contributed by atoms with E-state index in [-0.39, 0.29) is 17.0 Å². The molecule has 4 rings (SSSR count). The molecule has 0 spiro atoms. The highest BCUT2D eigenvalue weighted by atomic mass is 32.1. The number of thiophene rings is 1. The Morgan fingerprint density at radius 1 is 1.12 bits per heavy atom. The van der Waals surface area contributed by atoms with Gasteiger partial charge < -0.3 is 9.84 Å². The van der Waals surface area contributed by atoms with E-state index in [9.17, 15) is 19.1 Å². The fourth-order valence-corrected chi connectivity index (χ4v) is 4.42. The van der Waals surface area contributed by atoms with Crippen LogP contribution in [0.4, 0.5) is 10.1 Å². The van der Waals surface area contributed by atoms with Gasteiger partial charge in [-0.1, -0.05) is 38.1 Å². The topological polar surface area (TPSA) is 66.8 Å². The lowest BCUT2D eigenvalue weighted by Gasteiger charge is -2.24. The lowest BCUT2D eigenvalue weighted by atomic mass is 9.99. The van der Waals surface area contributed by atoms with Crippen molar-refractivity contribution < 1.29 is 23.8 Å². The molecule has 1 fully saturated rings. The molecule has 1 unspecified atom stereocenters. The van der Waals surface area contributed by atoms with E-state index < -0.39 is 23.5 Å². The zero-order valence-corrected chi connectivity index (χ0v) is 18.4. The van der Waals surface area contributed by atoms with E-state index >= 15 is 0 Å². The predicted octanol–water partition coefficient (Wildman–Crippen LogP) is 5.55. The number of hydrogen-bond donors (Lipinski definition) is 1. The molecule has 1 atom stereocenters. The summed E-state index contributed by atoms with van der Waals surface area (Å²) < 4.78 is 19.6. The van der Waals surface area contributed by atoms with Gasteiger partial charge in [-0.15, -0.1) is 11.3 Å². The summed E-state index contributed by atoms with van der Waals surface area (Å²) in [4.78, 5) is 28.0. The molecule has 0 saturated carbocycles. The second kappa shape index (κ2) is 8.96. The standard InChI is InChI=1S/C25H22FNO4S/c1-15(2)14-31-19-9-3-6-16(12-19)23(28)21-22(20-10-5-11-32-20)27(25(30)24(21)29)18-8-4-7-17(26)13-18/h3-13,15,22,28H,14H2,1-2H3/b23-21-. The number of amides is 1. The Labute approximate surface area is 189 Å². The van der Waals surface area contributed by atoms with Crippen LogP contribution in [0.3, 0.4) is 0 Å². The first-order valence-electron chi connectivity index (χ1n) is 10.2. The van der Waals surface area contributed by atoms with Gasteiger partial charge in [-0.25, -0.2) is 4.39 Å². The molecule has 5 nitrogen and oxygen atoms in total. The highest BCUT2D eigenvalue weighted by Crippen LogP contribution is 2.43. The summed E-state index contributed by atoms with van der Waals surface area (Å²) in [5.41, 5.74) is 0.575. The number of carbonyl (C=O) groups is 2.